The molecule has 0 atom stereocenters. The van der Waals surface area contributed by atoms with Crippen molar-refractivity contribution in [2.75, 3.05) is 7.11 Å². The number of nitrogens with one attached hydrogen (secondary N) is 2. The van der Waals surface area contributed by atoms with Crippen LogP contribution in [0.4, 0.5) is 0 Å². The van der Waals surface area contributed by atoms with Gasteiger partial charge in [0.15, 0.2) is 0 Å². The van der Waals surface area contributed by atoms with Crippen LogP contribution in [0.25, 0.3) is 0 Å². The fraction of sp³-hybridized carbons (Fsp3) is 0.103. The van der Waals surface area contributed by atoms with Crippen LogP contribution in [0.2, 0.25) is 0 Å². The van der Waals surface area contributed by atoms with Crippen LogP contribution >= 0.6 is 0 Å². The van der Waals surface area contributed by atoms with Crippen molar-refractivity contribution in [1.82, 2.24) is 20.8 Å². The number of rotatable bonds is 1. The van der Waals surface area contributed by atoms with Gasteiger partial charge in [0.1, 0.15) is 30.5 Å². The lowest BCUT2D eigenvalue weighted by Crippen LogP contribution is -2.19. The van der Waals surface area contributed by atoms with Crippen molar-refractivity contribution in [2.24, 2.45) is 10.2 Å². The molecule has 2 aromatic carbocycles. The Kier molecular flexibility index (Phi) is 8.01. The lowest BCUT2D eigenvalue weighted by molar-refractivity contribution is 0.0942. The number of carbonyl (C=O) groups is 2. The highest BCUT2D eigenvalue weighted by Gasteiger charge is 2.14. The number of aromatic nitrogens is 2. The number of hydrazone groups is 2. The fourth-order valence-electron chi connectivity index (χ4n) is 3.79. The van der Waals surface area contributed by atoms with Gasteiger partial charge in [-0.1, -0.05) is 30.3 Å². The molecule has 1 aliphatic rings. The molecule has 4 aromatic rings. The summed E-state index contributed by atoms with van der Waals surface area (Å²) in [5.41, 5.74) is 7.65. The Bertz CT molecular complexity index is 1490. The quantitative estimate of drug-likeness (QED) is 0.380. The minimum atomic E-state index is -0.463. The van der Waals surface area contributed by atoms with Gasteiger partial charge >= 0.3 is 0 Å². The summed E-state index contributed by atoms with van der Waals surface area (Å²) in [7, 11) is 1.51. The van der Waals surface area contributed by atoms with Crippen molar-refractivity contribution in [3.05, 3.63) is 113 Å². The first-order valence-corrected chi connectivity index (χ1v) is 12.2. The first kappa shape index (κ1) is 26.0. The van der Waals surface area contributed by atoms with Gasteiger partial charge in [0.25, 0.3) is 11.8 Å². The van der Waals surface area contributed by atoms with Crippen molar-refractivity contribution in [1.29, 1.82) is 0 Å². The van der Waals surface area contributed by atoms with E-state index >= 15 is 0 Å². The Morgan fingerprint density at radius 1 is 0.675 bits per heavy atom. The molecule has 0 saturated carbocycles. The number of para-hydroxylation sites is 2. The molecule has 0 saturated heterocycles. The molecule has 2 aromatic heterocycles. The van der Waals surface area contributed by atoms with Crippen LogP contribution in [0.5, 0.6) is 17.2 Å². The number of benzene rings is 2. The summed E-state index contributed by atoms with van der Waals surface area (Å²) in [4.78, 5) is 34.7. The first-order chi connectivity index (χ1) is 19.6. The van der Waals surface area contributed by atoms with Crippen LogP contribution in [0.1, 0.15) is 43.5 Å². The van der Waals surface area contributed by atoms with Crippen molar-refractivity contribution >= 4 is 24.2 Å². The maximum atomic E-state index is 12.9. The highest BCUT2D eigenvalue weighted by molar-refractivity contribution is 5.98. The van der Waals surface area contributed by atoms with E-state index in [1.165, 1.54) is 19.5 Å². The third kappa shape index (κ3) is 6.45. The van der Waals surface area contributed by atoms with Crippen molar-refractivity contribution < 1.29 is 23.8 Å². The zero-order valence-corrected chi connectivity index (χ0v) is 21.4. The Morgan fingerprint density at radius 2 is 1.18 bits per heavy atom. The molecule has 0 unspecified atom stereocenters. The Morgan fingerprint density at radius 3 is 1.68 bits per heavy atom. The van der Waals surface area contributed by atoms with E-state index in [0.717, 1.165) is 0 Å². The Labute approximate surface area is 229 Å². The van der Waals surface area contributed by atoms with E-state index in [-0.39, 0.29) is 13.2 Å². The van der Waals surface area contributed by atoms with Crippen LogP contribution in [-0.4, -0.2) is 41.3 Å². The third-order valence-electron chi connectivity index (χ3n) is 5.68. The average molecular weight is 537 g/mol. The molecule has 11 nitrogen and oxygen atoms in total. The van der Waals surface area contributed by atoms with E-state index in [1.54, 1.807) is 60.7 Å². The normalized spacial score (nSPS) is 15.2. The molecule has 5 rings (SSSR count). The van der Waals surface area contributed by atoms with Crippen LogP contribution in [-0.2, 0) is 13.2 Å². The smallest absolute Gasteiger partial charge is 0.275 e. The molecule has 2 amide bonds. The van der Waals surface area contributed by atoms with E-state index < -0.39 is 11.8 Å². The molecule has 11 heteroatoms. The van der Waals surface area contributed by atoms with Gasteiger partial charge in [0.2, 0.25) is 0 Å². The molecule has 0 radical (unpaired) electrons. The summed E-state index contributed by atoms with van der Waals surface area (Å²) < 4.78 is 17.2. The predicted molar refractivity (Wildman–Crippen MR) is 147 cm³/mol. The zero-order valence-electron chi connectivity index (χ0n) is 21.4. The molecule has 40 heavy (non-hydrogen) atoms. The van der Waals surface area contributed by atoms with Gasteiger partial charge in [-0.2, -0.15) is 10.2 Å². The number of carbonyl (C=O) groups excluding carboxylic acids is 2. The maximum absolute atomic E-state index is 12.9. The van der Waals surface area contributed by atoms with E-state index in [1.807, 2.05) is 18.2 Å². The number of methoxy groups -OCH3 is 1. The summed E-state index contributed by atoms with van der Waals surface area (Å²) >= 11 is 0. The molecule has 0 fully saturated rings. The topological polar surface area (TPSA) is 136 Å². The van der Waals surface area contributed by atoms with Crippen LogP contribution < -0.4 is 25.1 Å². The van der Waals surface area contributed by atoms with E-state index in [9.17, 15) is 9.59 Å². The average Bonchev–Trinajstić information content (AvgIpc) is 2.99. The highest BCUT2D eigenvalue weighted by Crippen LogP contribution is 2.21. The number of pyridine rings is 2. The second-order valence-corrected chi connectivity index (χ2v) is 8.44. The summed E-state index contributed by atoms with van der Waals surface area (Å²) in [6, 6.07) is 22.4. The Hall–Kier alpha value is -5.58. The van der Waals surface area contributed by atoms with Crippen LogP contribution in [0, 0.1) is 0 Å². The third-order valence-corrected chi connectivity index (χ3v) is 5.68. The molecule has 2 N–H and O–H groups in total. The van der Waals surface area contributed by atoms with Gasteiger partial charge in [-0.05, 0) is 36.4 Å². The van der Waals surface area contributed by atoms with Gasteiger partial charge in [0.05, 0.1) is 53.4 Å². The van der Waals surface area contributed by atoms with Crippen molar-refractivity contribution in [2.45, 2.75) is 13.2 Å². The summed E-state index contributed by atoms with van der Waals surface area (Å²) in [5.74, 6) is 0.308. The molecule has 3 heterocycles. The number of nitrogens with zero attached hydrogens (tertiary/aromatic N) is 4. The van der Waals surface area contributed by atoms with E-state index in [4.69, 9.17) is 14.2 Å². The molecular formula is C29H24N6O5. The maximum Gasteiger partial charge on any atom is 0.275 e. The Balaban J connectivity index is 1.48. The SMILES string of the molecule is COc1cc2nc(c1)/C=N/NC(=O)c1ccccc1OCc1cccc(n1)COc1ccccc1C(=O)N/N=C/2. The molecule has 4 bridgehead atoms. The van der Waals surface area contributed by atoms with Crippen LogP contribution in [0.3, 0.4) is 0 Å². The lowest BCUT2D eigenvalue weighted by Gasteiger charge is -2.12. The monoisotopic (exact) mass is 536 g/mol. The fourth-order valence-corrected chi connectivity index (χ4v) is 3.79. The summed E-state index contributed by atoms with van der Waals surface area (Å²) in [6.07, 6.45) is 2.74. The highest BCUT2D eigenvalue weighted by atomic mass is 16.5. The second kappa shape index (κ2) is 12.3. The number of hydrogen-bond donors (Lipinski definition) is 2. The van der Waals surface area contributed by atoms with Gasteiger partial charge in [0, 0.05) is 12.1 Å². The molecular weight excluding hydrogens is 512 g/mol. The summed E-state index contributed by atoms with van der Waals surface area (Å²) in [5, 5.41) is 8.06. The number of fused-ring (bicyclic) bond motifs is 6. The number of hydrogen-bond acceptors (Lipinski definition) is 9. The van der Waals surface area contributed by atoms with Gasteiger partial charge in [-0.3, -0.25) is 14.6 Å². The van der Waals surface area contributed by atoms with E-state index in [2.05, 4.69) is 31.0 Å². The molecule has 1 aliphatic heterocycles. The van der Waals surface area contributed by atoms with E-state index in [0.29, 0.717) is 51.2 Å². The first-order valence-electron chi connectivity index (χ1n) is 12.2. The van der Waals surface area contributed by atoms with Crippen molar-refractivity contribution in [3.8, 4) is 17.2 Å². The minimum Gasteiger partial charge on any atom is -0.497 e. The molecule has 0 spiro atoms. The van der Waals surface area contributed by atoms with Gasteiger partial charge < -0.3 is 14.2 Å². The van der Waals surface area contributed by atoms with Gasteiger partial charge in [-0.25, -0.2) is 15.8 Å². The number of ether oxygens (including phenoxy) is 3. The summed E-state index contributed by atoms with van der Waals surface area (Å²) in [6.45, 7) is 0.240. The minimum absolute atomic E-state index is 0.120. The molecule has 0 aliphatic carbocycles. The standard InChI is InChI=1S/C29H24N6O5/c1-38-23-13-21-15-30-34-28(36)24-9-2-4-11-26(24)39-17-19-7-6-8-20(32-19)18-40-27-12-5-3-10-25(27)29(37)35-31-16-22(14-23)33-21/h2-16H,17-18H2,1H3,(H,34,36)(H,35,37)/b30-15+,31-16+. The molecule has 200 valence electrons. The van der Waals surface area contributed by atoms with Crippen LogP contribution in [0.15, 0.2) is 89.1 Å². The second-order valence-electron chi connectivity index (χ2n) is 8.44. The van der Waals surface area contributed by atoms with Crippen molar-refractivity contribution in [3.63, 3.8) is 0 Å². The number of amides is 2. The zero-order chi connectivity index (χ0) is 27.7. The lowest BCUT2D eigenvalue weighted by atomic mass is 10.2. The van der Waals surface area contributed by atoms with Gasteiger partial charge in [-0.15, -0.1) is 0 Å². The predicted octanol–water partition coefficient (Wildman–Crippen LogP) is 3.48. The largest absolute Gasteiger partial charge is 0.497 e.